The molecule has 4 aromatic heterocycles. The number of ether oxygens (including phenoxy) is 1. The molecule has 1 aliphatic rings. The number of rotatable bonds is 7. The number of pyridine rings is 2. The first kappa shape index (κ1) is 23.0. The van der Waals surface area contributed by atoms with Gasteiger partial charge in [0.1, 0.15) is 17.7 Å². The molecule has 36 heavy (non-hydrogen) atoms. The molecule has 4 aromatic rings. The second-order valence-corrected chi connectivity index (χ2v) is 8.02. The Morgan fingerprint density at radius 3 is 2.72 bits per heavy atom. The maximum Gasteiger partial charge on any atom is 0.338 e. The first-order chi connectivity index (χ1) is 17.4. The van der Waals surface area contributed by atoms with Crippen molar-refractivity contribution in [2.24, 2.45) is 0 Å². The van der Waals surface area contributed by atoms with Crippen LogP contribution >= 0.6 is 0 Å². The number of nitrogens with one attached hydrogen (secondary N) is 3. The Balaban J connectivity index is 1.50. The van der Waals surface area contributed by atoms with Crippen molar-refractivity contribution in [3.8, 4) is 5.82 Å². The topological polar surface area (TPSA) is 145 Å². The SMILES string of the molecule is CNc1cc(Nc2cccn(-c3cc(C(=O)OC)ccn3)c2=O)nn2c(C(=O)N[C@@H]3C[C@@H]3F)cnc12. The van der Waals surface area contributed by atoms with Crippen LogP contribution in [0, 0.1) is 0 Å². The number of amides is 1. The number of halogens is 1. The minimum atomic E-state index is -1.05. The van der Waals surface area contributed by atoms with Crippen LogP contribution in [0.25, 0.3) is 11.5 Å². The van der Waals surface area contributed by atoms with Crippen molar-refractivity contribution in [1.82, 2.24) is 29.5 Å². The lowest BCUT2D eigenvalue weighted by molar-refractivity contribution is 0.0600. The number of carbonyl (C=O) groups is 2. The predicted octanol–water partition coefficient (Wildman–Crippen LogP) is 1.69. The van der Waals surface area contributed by atoms with E-state index in [4.69, 9.17) is 4.74 Å². The fourth-order valence-corrected chi connectivity index (χ4v) is 3.63. The van der Waals surface area contributed by atoms with Crippen molar-refractivity contribution in [2.75, 3.05) is 24.8 Å². The average molecular weight is 492 g/mol. The second kappa shape index (κ2) is 9.09. The number of nitrogens with zero attached hydrogens (tertiary/aromatic N) is 5. The third-order valence-corrected chi connectivity index (χ3v) is 5.62. The predicted molar refractivity (Wildman–Crippen MR) is 128 cm³/mol. The standard InChI is InChI=1S/C23H21FN8O4/c1-25-16-10-18(30-32-17(11-27-20(16)32)21(33)29-15-9-13(15)24)28-14-4-3-7-31(22(14)34)19-8-12(5-6-26-19)23(35)36-2/h3-8,10-11,13,15,25H,9H2,1-2H3,(H,28,30)(H,29,33)/t13-,15+/m0/s1. The first-order valence-corrected chi connectivity index (χ1v) is 10.9. The van der Waals surface area contributed by atoms with Gasteiger partial charge in [-0.3, -0.25) is 14.2 Å². The highest BCUT2D eigenvalue weighted by atomic mass is 19.1. The molecule has 1 fully saturated rings. The highest BCUT2D eigenvalue weighted by Crippen LogP contribution is 2.26. The number of fused-ring (bicyclic) bond motifs is 1. The van der Waals surface area contributed by atoms with E-state index in [1.165, 1.54) is 46.9 Å². The van der Waals surface area contributed by atoms with E-state index in [-0.39, 0.29) is 35.0 Å². The Labute approximate surface area is 203 Å². The van der Waals surface area contributed by atoms with Crippen molar-refractivity contribution < 1.29 is 18.7 Å². The van der Waals surface area contributed by atoms with Gasteiger partial charge >= 0.3 is 5.97 Å². The summed E-state index contributed by atoms with van der Waals surface area (Å²) in [4.78, 5) is 46.1. The van der Waals surface area contributed by atoms with Crippen LogP contribution in [-0.4, -0.2) is 62.4 Å². The number of imidazole rings is 1. The number of alkyl halides is 1. The molecule has 0 bridgehead atoms. The molecule has 1 aliphatic carbocycles. The second-order valence-electron chi connectivity index (χ2n) is 8.02. The summed E-state index contributed by atoms with van der Waals surface area (Å²) < 4.78 is 20.6. The highest BCUT2D eigenvalue weighted by molar-refractivity contribution is 5.94. The van der Waals surface area contributed by atoms with Crippen molar-refractivity contribution in [3.63, 3.8) is 0 Å². The minimum absolute atomic E-state index is 0.124. The number of carbonyl (C=O) groups excluding carboxylic acids is 2. The van der Waals surface area contributed by atoms with Gasteiger partial charge in [-0.25, -0.2) is 23.7 Å². The fourth-order valence-electron chi connectivity index (χ4n) is 3.63. The molecule has 184 valence electrons. The zero-order valence-electron chi connectivity index (χ0n) is 19.2. The van der Waals surface area contributed by atoms with Crippen LogP contribution in [0.15, 0.2) is 53.7 Å². The van der Waals surface area contributed by atoms with Crippen LogP contribution in [0.4, 0.5) is 21.6 Å². The first-order valence-electron chi connectivity index (χ1n) is 10.9. The third kappa shape index (κ3) is 4.21. The Hall–Kier alpha value is -4.81. The van der Waals surface area contributed by atoms with Gasteiger partial charge in [0.25, 0.3) is 11.5 Å². The van der Waals surface area contributed by atoms with Gasteiger partial charge in [0.2, 0.25) is 0 Å². The number of methoxy groups -OCH3 is 1. The van der Waals surface area contributed by atoms with E-state index >= 15 is 0 Å². The number of hydrogen-bond acceptors (Lipinski definition) is 9. The molecule has 3 N–H and O–H groups in total. The number of esters is 1. The van der Waals surface area contributed by atoms with E-state index in [1.807, 2.05) is 0 Å². The molecule has 5 rings (SSSR count). The van der Waals surface area contributed by atoms with Crippen molar-refractivity contribution in [1.29, 1.82) is 0 Å². The Bertz CT molecular complexity index is 1550. The molecular weight excluding hydrogens is 471 g/mol. The molecule has 12 nitrogen and oxygen atoms in total. The summed E-state index contributed by atoms with van der Waals surface area (Å²) >= 11 is 0. The highest BCUT2D eigenvalue weighted by Gasteiger charge is 2.39. The van der Waals surface area contributed by atoms with Gasteiger partial charge in [-0.2, -0.15) is 0 Å². The van der Waals surface area contributed by atoms with E-state index in [1.54, 1.807) is 25.2 Å². The smallest absolute Gasteiger partial charge is 0.338 e. The van der Waals surface area contributed by atoms with Crippen LogP contribution < -0.4 is 21.5 Å². The van der Waals surface area contributed by atoms with Gasteiger partial charge in [0, 0.05) is 31.9 Å². The monoisotopic (exact) mass is 492 g/mol. The minimum Gasteiger partial charge on any atom is -0.465 e. The van der Waals surface area contributed by atoms with Crippen LogP contribution in [0.1, 0.15) is 27.3 Å². The summed E-state index contributed by atoms with van der Waals surface area (Å²) in [5.74, 6) is -0.578. The summed E-state index contributed by atoms with van der Waals surface area (Å²) in [6, 6.07) is 7.24. The molecule has 0 spiro atoms. The molecule has 0 saturated heterocycles. The van der Waals surface area contributed by atoms with Gasteiger partial charge in [0.15, 0.2) is 17.2 Å². The average Bonchev–Trinajstić information content (AvgIpc) is 3.40. The number of hydrogen-bond donors (Lipinski definition) is 3. The zero-order chi connectivity index (χ0) is 25.4. The maximum absolute atomic E-state index is 13.3. The lowest BCUT2D eigenvalue weighted by Crippen LogP contribution is -2.28. The lowest BCUT2D eigenvalue weighted by atomic mass is 10.2. The molecular formula is C23H21FN8O4. The molecule has 2 atom stereocenters. The summed E-state index contributed by atoms with van der Waals surface area (Å²) in [5.41, 5.74) is 1.01. The molecule has 4 heterocycles. The van der Waals surface area contributed by atoms with E-state index < -0.39 is 29.6 Å². The zero-order valence-corrected chi connectivity index (χ0v) is 19.2. The third-order valence-electron chi connectivity index (χ3n) is 5.62. The molecule has 13 heteroatoms. The van der Waals surface area contributed by atoms with Crippen LogP contribution in [0.5, 0.6) is 0 Å². The van der Waals surface area contributed by atoms with Gasteiger partial charge in [-0.1, -0.05) is 0 Å². The quantitative estimate of drug-likeness (QED) is 0.328. The molecule has 1 saturated carbocycles. The summed E-state index contributed by atoms with van der Waals surface area (Å²) in [6.07, 6.45) is 3.51. The largest absolute Gasteiger partial charge is 0.465 e. The molecule has 0 unspecified atom stereocenters. The van der Waals surface area contributed by atoms with Crippen molar-refractivity contribution >= 4 is 34.7 Å². The summed E-state index contributed by atoms with van der Waals surface area (Å²) in [7, 11) is 2.95. The maximum atomic E-state index is 13.3. The lowest BCUT2D eigenvalue weighted by Gasteiger charge is -2.12. The van der Waals surface area contributed by atoms with E-state index in [2.05, 4.69) is 31.0 Å². The Morgan fingerprint density at radius 2 is 2.00 bits per heavy atom. The molecule has 1 amide bonds. The summed E-state index contributed by atoms with van der Waals surface area (Å²) in [5, 5.41) is 13.0. The van der Waals surface area contributed by atoms with Gasteiger partial charge < -0.3 is 20.7 Å². The van der Waals surface area contributed by atoms with Gasteiger partial charge in [0.05, 0.1) is 30.6 Å². The van der Waals surface area contributed by atoms with Crippen LogP contribution in [0.2, 0.25) is 0 Å². The van der Waals surface area contributed by atoms with Gasteiger partial charge in [-0.05, 0) is 24.3 Å². The number of aromatic nitrogens is 5. The fraction of sp³-hybridized carbons (Fsp3) is 0.217. The Morgan fingerprint density at radius 1 is 1.19 bits per heavy atom. The van der Waals surface area contributed by atoms with Gasteiger partial charge in [-0.15, -0.1) is 5.10 Å². The van der Waals surface area contributed by atoms with Crippen LogP contribution in [0.3, 0.4) is 0 Å². The number of anilines is 3. The Kier molecular flexibility index (Phi) is 5.80. The molecule has 0 aromatic carbocycles. The van der Waals surface area contributed by atoms with Crippen molar-refractivity contribution in [3.05, 3.63) is 70.5 Å². The van der Waals surface area contributed by atoms with E-state index in [0.29, 0.717) is 11.3 Å². The summed E-state index contributed by atoms with van der Waals surface area (Å²) in [6.45, 7) is 0. The van der Waals surface area contributed by atoms with Crippen LogP contribution in [-0.2, 0) is 4.74 Å². The normalized spacial score (nSPS) is 16.4. The van der Waals surface area contributed by atoms with Crippen molar-refractivity contribution in [2.45, 2.75) is 18.6 Å². The molecule has 0 radical (unpaired) electrons. The van der Waals surface area contributed by atoms with E-state index in [9.17, 15) is 18.8 Å². The molecule has 0 aliphatic heterocycles. The van der Waals surface area contributed by atoms with E-state index in [0.717, 1.165) is 0 Å².